The highest BCUT2D eigenvalue weighted by atomic mass is 32.2. The van der Waals surface area contributed by atoms with Gasteiger partial charge < -0.3 is 4.57 Å². The standard InChI is InChI=1S/C15H21N3S/c1-15(2,3)18-13(10-11-6-5-9-19-11)17-12-7-4-8-16-14(12)18/h4,7-8,11H,5-6,9-10H2,1-3H3. The van der Waals surface area contributed by atoms with Gasteiger partial charge >= 0.3 is 0 Å². The minimum absolute atomic E-state index is 0.0295. The Hall–Kier alpha value is -1.03. The molecule has 1 aliphatic rings. The van der Waals surface area contributed by atoms with Crippen molar-refractivity contribution in [2.75, 3.05) is 5.75 Å². The molecule has 0 saturated carbocycles. The molecule has 1 atom stereocenters. The lowest BCUT2D eigenvalue weighted by molar-refractivity contribution is 0.390. The van der Waals surface area contributed by atoms with Crippen molar-refractivity contribution in [3.05, 3.63) is 24.2 Å². The first-order valence-electron chi connectivity index (χ1n) is 7.00. The maximum Gasteiger partial charge on any atom is 0.160 e. The lowest BCUT2D eigenvalue weighted by Crippen LogP contribution is -2.25. The number of nitrogens with zero attached hydrogens (tertiary/aromatic N) is 3. The molecule has 0 spiro atoms. The molecule has 1 saturated heterocycles. The number of fused-ring (bicyclic) bond motifs is 1. The molecule has 0 N–H and O–H groups in total. The highest BCUT2D eigenvalue weighted by molar-refractivity contribution is 8.00. The zero-order chi connectivity index (χ0) is 13.5. The summed E-state index contributed by atoms with van der Waals surface area (Å²) in [5.41, 5.74) is 2.07. The highest BCUT2D eigenvalue weighted by Crippen LogP contribution is 2.31. The molecule has 3 heterocycles. The summed E-state index contributed by atoms with van der Waals surface area (Å²) in [5.74, 6) is 2.50. The van der Waals surface area contributed by atoms with Crippen LogP contribution < -0.4 is 0 Å². The number of pyridine rings is 1. The molecule has 0 aromatic carbocycles. The van der Waals surface area contributed by atoms with Crippen molar-refractivity contribution in [2.45, 2.75) is 50.8 Å². The molecule has 1 fully saturated rings. The van der Waals surface area contributed by atoms with E-state index in [-0.39, 0.29) is 5.54 Å². The van der Waals surface area contributed by atoms with Crippen LogP contribution in [-0.4, -0.2) is 25.5 Å². The number of rotatable bonds is 2. The maximum absolute atomic E-state index is 4.83. The van der Waals surface area contributed by atoms with Gasteiger partial charge in [-0.05, 0) is 51.5 Å². The molecule has 3 nitrogen and oxygen atoms in total. The molecule has 19 heavy (non-hydrogen) atoms. The van der Waals surface area contributed by atoms with Crippen LogP contribution in [0.4, 0.5) is 0 Å². The van der Waals surface area contributed by atoms with Crippen molar-refractivity contribution < 1.29 is 0 Å². The van der Waals surface area contributed by atoms with E-state index < -0.39 is 0 Å². The quantitative estimate of drug-likeness (QED) is 0.838. The van der Waals surface area contributed by atoms with Crippen molar-refractivity contribution >= 4 is 22.9 Å². The van der Waals surface area contributed by atoms with Crippen LogP contribution in [0.1, 0.15) is 39.4 Å². The fourth-order valence-corrected chi connectivity index (χ4v) is 4.08. The molecule has 0 amide bonds. The average molecular weight is 275 g/mol. The Kier molecular flexibility index (Phi) is 3.29. The summed E-state index contributed by atoms with van der Waals surface area (Å²) < 4.78 is 2.32. The highest BCUT2D eigenvalue weighted by Gasteiger charge is 2.25. The van der Waals surface area contributed by atoms with Crippen molar-refractivity contribution in [3.63, 3.8) is 0 Å². The predicted octanol–water partition coefficient (Wildman–Crippen LogP) is 3.62. The zero-order valence-electron chi connectivity index (χ0n) is 11.9. The minimum atomic E-state index is 0.0295. The first kappa shape index (κ1) is 13.0. The summed E-state index contributed by atoms with van der Waals surface area (Å²) in [5, 5.41) is 0.734. The van der Waals surface area contributed by atoms with E-state index in [2.05, 4.69) is 48.2 Å². The smallest absolute Gasteiger partial charge is 0.160 e. The van der Waals surface area contributed by atoms with Gasteiger partial charge in [0.2, 0.25) is 0 Å². The van der Waals surface area contributed by atoms with Crippen molar-refractivity contribution in [3.8, 4) is 0 Å². The summed E-state index contributed by atoms with van der Waals surface area (Å²) in [4.78, 5) is 9.37. The van der Waals surface area contributed by atoms with Crippen LogP contribution in [0.5, 0.6) is 0 Å². The van der Waals surface area contributed by atoms with Crippen molar-refractivity contribution in [1.29, 1.82) is 0 Å². The summed E-state index contributed by atoms with van der Waals surface area (Å²) in [7, 11) is 0. The predicted molar refractivity (Wildman–Crippen MR) is 81.7 cm³/mol. The molecule has 2 aromatic rings. The maximum atomic E-state index is 4.83. The lowest BCUT2D eigenvalue weighted by atomic mass is 10.1. The molecule has 3 rings (SSSR count). The van der Waals surface area contributed by atoms with Crippen molar-refractivity contribution in [2.24, 2.45) is 0 Å². The third kappa shape index (κ3) is 2.50. The molecule has 4 heteroatoms. The van der Waals surface area contributed by atoms with E-state index in [1.165, 1.54) is 24.4 Å². The Labute approximate surface area is 118 Å². The van der Waals surface area contributed by atoms with Crippen LogP contribution in [0, 0.1) is 0 Å². The number of imidazole rings is 1. The van der Waals surface area contributed by atoms with Crippen LogP contribution >= 0.6 is 11.8 Å². The fraction of sp³-hybridized carbons (Fsp3) is 0.600. The summed E-state index contributed by atoms with van der Waals surface area (Å²) >= 11 is 2.09. The van der Waals surface area contributed by atoms with Gasteiger partial charge in [-0.2, -0.15) is 11.8 Å². The van der Waals surface area contributed by atoms with Crippen LogP contribution in [0.3, 0.4) is 0 Å². The molecule has 1 aliphatic heterocycles. The second-order valence-electron chi connectivity index (χ2n) is 6.22. The monoisotopic (exact) mass is 275 g/mol. The lowest BCUT2D eigenvalue weighted by Gasteiger charge is -2.24. The molecule has 0 radical (unpaired) electrons. The number of hydrogen-bond acceptors (Lipinski definition) is 3. The van der Waals surface area contributed by atoms with E-state index in [9.17, 15) is 0 Å². The Bertz CT molecular complexity index is 577. The van der Waals surface area contributed by atoms with Gasteiger partial charge in [-0.3, -0.25) is 0 Å². The Morgan fingerprint density at radius 1 is 1.42 bits per heavy atom. The molecular weight excluding hydrogens is 254 g/mol. The summed E-state index contributed by atoms with van der Waals surface area (Å²) in [6, 6.07) is 4.03. The van der Waals surface area contributed by atoms with Gasteiger partial charge in [-0.15, -0.1) is 0 Å². The third-order valence-corrected chi connectivity index (χ3v) is 4.99. The molecule has 2 aromatic heterocycles. The SMILES string of the molecule is CC(C)(C)n1c(CC2CCCS2)nc2cccnc21. The Balaban J connectivity index is 2.06. The van der Waals surface area contributed by atoms with Crippen LogP contribution in [0.2, 0.25) is 0 Å². The first-order valence-corrected chi connectivity index (χ1v) is 8.05. The van der Waals surface area contributed by atoms with Gasteiger partial charge in [0.1, 0.15) is 11.3 Å². The van der Waals surface area contributed by atoms with E-state index in [4.69, 9.17) is 4.98 Å². The largest absolute Gasteiger partial charge is 0.307 e. The Morgan fingerprint density at radius 2 is 2.26 bits per heavy atom. The second-order valence-corrected chi connectivity index (χ2v) is 7.63. The van der Waals surface area contributed by atoms with E-state index in [0.29, 0.717) is 0 Å². The summed E-state index contributed by atoms with van der Waals surface area (Å²) in [6.07, 6.45) is 5.60. The van der Waals surface area contributed by atoms with Gasteiger partial charge in [0.05, 0.1) is 0 Å². The molecule has 0 bridgehead atoms. The zero-order valence-corrected chi connectivity index (χ0v) is 12.7. The second kappa shape index (κ2) is 4.82. The number of aromatic nitrogens is 3. The molecule has 102 valence electrons. The van der Waals surface area contributed by atoms with Crippen LogP contribution in [0.15, 0.2) is 18.3 Å². The molecule has 0 aliphatic carbocycles. The van der Waals surface area contributed by atoms with E-state index in [0.717, 1.165) is 22.8 Å². The topological polar surface area (TPSA) is 30.7 Å². The van der Waals surface area contributed by atoms with Crippen LogP contribution in [0.25, 0.3) is 11.2 Å². The Morgan fingerprint density at radius 3 is 2.95 bits per heavy atom. The van der Waals surface area contributed by atoms with E-state index in [1.54, 1.807) is 0 Å². The van der Waals surface area contributed by atoms with Gasteiger partial charge in [0.25, 0.3) is 0 Å². The first-order chi connectivity index (χ1) is 9.05. The van der Waals surface area contributed by atoms with Crippen molar-refractivity contribution in [1.82, 2.24) is 14.5 Å². The minimum Gasteiger partial charge on any atom is -0.307 e. The number of thioether (sulfide) groups is 1. The normalized spacial score (nSPS) is 20.3. The fourth-order valence-electron chi connectivity index (χ4n) is 2.81. The summed E-state index contributed by atoms with van der Waals surface area (Å²) in [6.45, 7) is 6.69. The molecule has 1 unspecified atom stereocenters. The van der Waals surface area contributed by atoms with Gasteiger partial charge in [0.15, 0.2) is 5.65 Å². The third-order valence-electron chi connectivity index (χ3n) is 3.59. The van der Waals surface area contributed by atoms with Crippen LogP contribution in [-0.2, 0) is 12.0 Å². The number of hydrogen-bond donors (Lipinski definition) is 0. The molecular formula is C15H21N3S. The van der Waals surface area contributed by atoms with Gasteiger partial charge in [0, 0.05) is 23.4 Å². The van der Waals surface area contributed by atoms with E-state index >= 15 is 0 Å². The van der Waals surface area contributed by atoms with E-state index in [1.807, 2.05) is 12.3 Å². The van der Waals surface area contributed by atoms with Gasteiger partial charge in [-0.1, -0.05) is 0 Å². The van der Waals surface area contributed by atoms with Gasteiger partial charge in [-0.25, -0.2) is 9.97 Å². The average Bonchev–Trinajstić information content (AvgIpc) is 2.94.